The van der Waals surface area contributed by atoms with Crippen LogP contribution in [-0.4, -0.2) is 39.2 Å². The Morgan fingerprint density at radius 1 is 1.46 bits per heavy atom. The maximum absolute atomic E-state index is 9.42. The van der Waals surface area contributed by atoms with Gasteiger partial charge in [0.25, 0.3) is 5.89 Å². The van der Waals surface area contributed by atoms with E-state index >= 15 is 0 Å². The van der Waals surface area contributed by atoms with E-state index in [0.717, 1.165) is 0 Å². The van der Waals surface area contributed by atoms with E-state index in [4.69, 9.17) is 9.26 Å². The van der Waals surface area contributed by atoms with Crippen LogP contribution >= 0.6 is 0 Å². The molecular formula is C7H10N2O4. The number of aryl methyl sites for hydroxylation is 1. The SMILES string of the molecule is Cc1noc(C2OCC(O)C2O)n1. The Morgan fingerprint density at radius 2 is 2.23 bits per heavy atom. The Labute approximate surface area is 74.1 Å². The van der Waals surface area contributed by atoms with Gasteiger partial charge in [-0.1, -0.05) is 5.16 Å². The van der Waals surface area contributed by atoms with Gasteiger partial charge in [0, 0.05) is 0 Å². The maximum Gasteiger partial charge on any atom is 0.258 e. The van der Waals surface area contributed by atoms with Crippen LogP contribution in [0.2, 0.25) is 0 Å². The molecule has 2 N–H and O–H groups in total. The van der Waals surface area contributed by atoms with Crippen molar-refractivity contribution in [3.63, 3.8) is 0 Å². The lowest BCUT2D eigenvalue weighted by molar-refractivity contribution is 0.00637. The molecule has 0 aromatic carbocycles. The zero-order valence-electron chi connectivity index (χ0n) is 7.04. The maximum atomic E-state index is 9.42. The Morgan fingerprint density at radius 3 is 2.69 bits per heavy atom. The van der Waals surface area contributed by atoms with Crippen molar-refractivity contribution < 1.29 is 19.5 Å². The molecule has 3 unspecified atom stereocenters. The minimum absolute atomic E-state index is 0.0905. The molecule has 72 valence electrons. The molecule has 6 heteroatoms. The molecule has 1 aromatic heterocycles. The van der Waals surface area contributed by atoms with Crippen LogP contribution in [0.25, 0.3) is 0 Å². The number of ether oxygens (including phenoxy) is 1. The van der Waals surface area contributed by atoms with Crippen molar-refractivity contribution in [2.45, 2.75) is 25.2 Å². The summed E-state index contributed by atoms with van der Waals surface area (Å²) in [7, 11) is 0. The van der Waals surface area contributed by atoms with Gasteiger partial charge in [-0.15, -0.1) is 0 Å². The number of rotatable bonds is 1. The summed E-state index contributed by atoms with van der Waals surface area (Å²) in [6.07, 6.45) is -2.56. The number of nitrogens with zero attached hydrogens (tertiary/aromatic N) is 2. The van der Waals surface area contributed by atoms with E-state index < -0.39 is 18.3 Å². The smallest absolute Gasteiger partial charge is 0.258 e. The van der Waals surface area contributed by atoms with Gasteiger partial charge in [-0.25, -0.2) is 0 Å². The van der Waals surface area contributed by atoms with E-state index in [0.29, 0.717) is 5.82 Å². The number of aliphatic hydroxyl groups excluding tert-OH is 2. The van der Waals surface area contributed by atoms with Crippen LogP contribution in [0.3, 0.4) is 0 Å². The summed E-state index contributed by atoms with van der Waals surface area (Å²) < 4.78 is 9.89. The normalized spacial score (nSPS) is 33.9. The molecule has 3 atom stereocenters. The van der Waals surface area contributed by atoms with E-state index in [1.165, 1.54) is 0 Å². The van der Waals surface area contributed by atoms with Gasteiger partial charge in [-0.3, -0.25) is 0 Å². The average molecular weight is 186 g/mol. The number of aromatic nitrogens is 2. The Kier molecular flexibility index (Phi) is 2.03. The molecule has 2 rings (SSSR count). The molecule has 0 bridgehead atoms. The summed E-state index contributed by atoms with van der Waals surface area (Å²) in [5.74, 6) is 0.689. The third-order valence-corrected chi connectivity index (χ3v) is 1.94. The van der Waals surface area contributed by atoms with E-state index in [1.54, 1.807) is 6.92 Å². The van der Waals surface area contributed by atoms with Crippen LogP contribution in [0.5, 0.6) is 0 Å². The fraction of sp³-hybridized carbons (Fsp3) is 0.714. The van der Waals surface area contributed by atoms with Crippen molar-refractivity contribution >= 4 is 0 Å². The van der Waals surface area contributed by atoms with E-state index in [9.17, 15) is 10.2 Å². The first kappa shape index (κ1) is 8.61. The lowest BCUT2D eigenvalue weighted by Crippen LogP contribution is -2.25. The molecule has 0 radical (unpaired) electrons. The first-order valence-corrected chi connectivity index (χ1v) is 3.96. The molecule has 0 spiro atoms. The lowest BCUT2D eigenvalue weighted by Gasteiger charge is -2.09. The molecule has 1 aliphatic heterocycles. The first-order chi connectivity index (χ1) is 6.18. The topological polar surface area (TPSA) is 88.6 Å². The van der Waals surface area contributed by atoms with Crippen molar-refractivity contribution in [3.8, 4) is 0 Å². The summed E-state index contributed by atoms with van der Waals surface area (Å²) in [4.78, 5) is 3.90. The van der Waals surface area contributed by atoms with Crippen molar-refractivity contribution in [2.75, 3.05) is 6.61 Å². The summed E-state index contributed by atoms with van der Waals surface area (Å²) >= 11 is 0. The van der Waals surface area contributed by atoms with Gasteiger partial charge < -0.3 is 19.5 Å². The summed E-state index contributed by atoms with van der Waals surface area (Å²) in [5.41, 5.74) is 0. The highest BCUT2D eigenvalue weighted by Crippen LogP contribution is 2.27. The van der Waals surface area contributed by atoms with Gasteiger partial charge in [-0.05, 0) is 6.92 Å². The fourth-order valence-corrected chi connectivity index (χ4v) is 1.25. The van der Waals surface area contributed by atoms with Crippen molar-refractivity contribution in [1.29, 1.82) is 0 Å². The predicted octanol–water partition coefficient (Wildman–Crippen LogP) is -0.829. The van der Waals surface area contributed by atoms with Gasteiger partial charge in [0.05, 0.1) is 6.61 Å². The average Bonchev–Trinajstić information content (AvgIpc) is 2.62. The largest absolute Gasteiger partial charge is 0.388 e. The van der Waals surface area contributed by atoms with E-state index in [2.05, 4.69) is 10.1 Å². The van der Waals surface area contributed by atoms with E-state index in [1.807, 2.05) is 0 Å². The second-order valence-electron chi connectivity index (χ2n) is 2.99. The van der Waals surface area contributed by atoms with Crippen molar-refractivity contribution in [2.24, 2.45) is 0 Å². The number of hydrogen-bond acceptors (Lipinski definition) is 6. The van der Waals surface area contributed by atoms with Crippen molar-refractivity contribution in [1.82, 2.24) is 10.1 Å². The second kappa shape index (κ2) is 3.06. The molecule has 1 fully saturated rings. The minimum atomic E-state index is -0.986. The first-order valence-electron chi connectivity index (χ1n) is 3.96. The van der Waals surface area contributed by atoms with Crippen LogP contribution in [0.1, 0.15) is 17.8 Å². The van der Waals surface area contributed by atoms with Crippen LogP contribution in [0, 0.1) is 6.92 Å². The molecule has 6 nitrogen and oxygen atoms in total. The summed E-state index contributed by atoms with van der Waals surface area (Å²) in [6, 6.07) is 0. The fourth-order valence-electron chi connectivity index (χ4n) is 1.25. The molecule has 0 amide bonds. The zero-order chi connectivity index (χ0) is 9.42. The van der Waals surface area contributed by atoms with Gasteiger partial charge in [0.2, 0.25) is 0 Å². The van der Waals surface area contributed by atoms with Gasteiger partial charge >= 0.3 is 0 Å². The van der Waals surface area contributed by atoms with Crippen LogP contribution in [-0.2, 0) is 4.74 Å². The molecular weight excluding hydrogens is 176 g/mol. The Hall–Kier alpha value is -0.980. The quantitative estimate of drug-likeness (QED) is 0.595. The van der Waals surface area contributed by atoms with Gasteiger partial charge in [0.15, 0.2) is 11.9 Å². The number of hydrogen-bond donors (Lipinski definition) is 2. The second-order valence-corrected chi connectivity index (χ2v) is 2.99. The van der Waals surface area contributed by atoms with Crippen LogP contribution in [0.4, 0.5) is 0 Å². The van der Waals surface area contributed by atoms with Crippen molar-refractivity contribution in [3.05, 3.63) is 11.7 Å². The molecule has 0 aliphatic carbocycles. The highest BCUT2D eigenvalue weighted by Gasteiger charge is 2.39. The monoisotopic (exact) mass is 186 g/mol. The van der Waals surface area contributed by atoms with E-state index in [-0.39, 0.29) is 12.5 Å². The Balaban J connectivity index is 2.18. The zero-order valence-corrected chi connectivity index (χ0v) is 7.04. The third-order valence-electron chi connectivity index (χ3n) is 1.94. The Bertz CT molecular complexity index is 300. The van der Waals surface area contributed by atoms with Gasteiger partial charge in [-0.2, -0.15) is 4.98 Å². The molecule has 2 heterocycles. The molecule has 0 saturated carbocycles. The van der Waals surface area contributed by atoms with Crippen LogP contribution < -0.4 is 0 Å². The number of aliphatic hydroxyl groups is 2. The molecule has 13 heavy (non-hydrogen) atoms. The lowest BCUT2D eigenvalue weighted by atomic mass is 10.1. The van der Waals surface area contributed by atoms with Gasteiger partial charge in [0.1, 0.15) is 12.2 Å². The predicted molar refractivity (Wildman–Crippen MR) is 39.7 cm³/mol. The molecule has 1 saturated heterocycles. The highest BCUT2D eigenvalue weighted by atomic mass is 16.6. The highest BCUT2D eigenvalue weighted by molar-refractivity contribution is 4.96. The summed E-state index contributed by atoms with van der Waals surface area (Å²) in [5, 5.41) is 22.2. The third kappa shape index (κ3) is 1.43. The summed E-state index contributed by atoms with van der Waals surface area (Å²) in [6.45, 7) is 1.76. The standard InChI is InChI=1S/C7H10N2O4/c1-3-8-7(13-9-3)6-5(11)4(10)2-12-6/h4-6,10-11H,2H2,1H3. The minimum Gasteiger partial charge on any atom is -0.388 e. The van der Waals surface area contributed by atoms with Crippen LogP contribution in [0.15, 0.2) is 4.52 Å². The molecule has 1 aliphatic rings. The molecule has 1 aromatic rings.